The van der Waals surface area contributed by atoms with Gasteiger partial charge in [-0.25, -0.2) is 0 Å². The topological polar surface area (TPSA) is 58.6 Å². The van der Waals surface area contributed by atoms with E-state index < -0.39 is 6.04 Å². The number of ether oxygens (including phenoxy) is 1. The summed E-state index contributed by atoms with van der Waals surface area (Å²) in [7, 11) is 0. The maximum Gasteiger partial charge on any atom is 0.247 e. The van der Waals surface area contributed by atoms with Crippen molar-refractivity contribution in [2.45, 2.75) is 18.9 Å². The summed E-state index contributed by atoms with van der Waals surface area (Å²) in [5, 5.41) is 2.91. The largest absolute Gasteiger partial charge is 0.457 e. The quantitative estimate of drug-likeness (QED) is 0.711. The number of carbonyl (C=O) groups excluding carboxylic acids is 2. The fourth-order valence-electron chi connectivity index (χ4n) is 3.30. The minimum Gasteiger partial charge on any atom is -0.457 e. The van der Waals surface area contributed by atoms with Crippen LogP contribution in [0.25, 0.3) is 0 Å². The molecule has 1 aliphatic heterocycles. The van der Waals surface area contributed by atoms with Gasteiger partial charge in [-0.05, 0) is 55.0 Å². The Morgan fingerprint density at radius 3 is 2.14 bits per heavy atom. The zero-order chi connectivity index (χ0) is 19.3. The molecular formula is C23H20N2O3. The summed E-state index contributed by atoms with van der Waals surface area (Å²) in [6.45, 7) is 0. The van der Waals surface area contributed by atoms with Crippen LogP contribution < -0.4 is 15.0 Å². The van der Waals surface area contributed by atoms with E-state index in [0.29, 0.717) is 24.3 Å². The predicted molar refractivity (Wildman–Crippen MR) is 109 cm³/mol. The molecule has 0 radical (unpaired) electrons. The highest BCUT2D eigenvalue weighted by atomic mass is 16.5. The molecule has 1 heterocycles. The summed E-state index contributed by atoms with van der Waals surface area (Å²) < 4.78 is 5.76. The Balaban J connectivity index is 1.44. The highest BCUT2D eigenvalue weighted by Crippen LogP contribution is 2.28. The van der Waals surface area contributed by atoms with Crippen LogP contribution in [-0.2, 0) is 9.59 Å². The number of nitrogens with zero attached hydrogens (tertiary/aromatic N) is 1. The maximum atomic E-state index is 12.8. The number of amides is 2. The minimum absolute atomic E-state index is 0.0297. The molecule has 1 unspecified atom stereocenters. The number of para-hydroxylation sites is 2. The molecule has 1 saturated heterocycles. The second kappa shape index (κ2) is 7.96. The van der Waals surface area contributed by atoms with Crippen LogP contribution in [0, 0.1) is 0 Å². The summed E-state index contributed by atoms with van der Waals surface area (Å²) in [6.07, 6.45) is 0.881. The van der Waals surface area contributed by atoms with E-state index >= 15 is 0 Å². The Morgan fingerprint density at radius 2 is 1.46 bits per heavy atom. The molecule has 1 aliphatic rings. The summed E-state index contributed by atoms with van der Waals surface area (Å²) >= 11 is 0. The van der Waals surface area contributed by atoms with E-state index in [0.717, 1.165) is 11.4 Å². The zero-order valence-electron chi connectivity index (χ0n) is 15.2. The molecule has 1 atom stereocenters. The first-order chi connectivity index (χ1) is 13.7. The van der Waals surface area contributed by atoms with Gasteiger partial charge in [-0.3, -0.25) is 14.5 Å². The van der Waals surface area contributed by atoms with Crippen molar-refractivity contribution in [2.24, 2.45) is 0 Å². The lowest BCUT2D eigenvalue weighted by atomic mass is 10.2. The Bertz CT molecular complexity index is 956. The molecule has 1 fully saturated rings. The predicted octanol–water partition coefficient (Wildman–Crippen LogP) is 4.61. The molecule has 1 N–H and O–H groups in total. The van der Waals surface area contributed by atoms with Crippen molar-refractivity contribution in [3.63, 3.8) is 0 Å². The van der Waals surface area contributed by atoms with Gasteiger partial charge in [0, 0.05) is 17.8 Å². The van der Waals surface area contributed by atoms with Crippen LogP contribution in [0.4, 0.5) is 11.4 Å². The number of anilines is 2. The number of nitrogens with one attached hydrogen (secondary N) is 1. The summed E-state index contributed by atoms with van der Waals surface area (Å²) in [6, 6.07) is 25.5. The van der Waals surface area contributed by atoms with Crippen LogP contribution in [-0.4, -0.2) is 17.9 Å². The smallest absolute Gasteiger partial charge is 0.247 e. The lowest BCUT2D eigenvalue weighted by Crippen LogP contribution is -2.41. The molecule has 0 aromatic heterocycles. The number of rotatable bonds is 5. The molecule has 5 nitrogen and oxygen atoms in total. The van der Waals surface area contributed by atoms with E-state index in [-0.39, 0.29) is 11.8 Å². The van der Waals surface area contributed by atoms with E-state index in [1.54, 1.807) is 29.2 Å². The lowest BCUT2D eigenvalue weighted by Gasteiger charge is -2.24. The van der Waals surface area contributed by atoms with E-state index in [1.807, 2.05) is 60.7 Å². The van der Waals surface area contributed by atoms with Gasteiger partial charge in [-0.1, -0.05) is 36.4 Å². The average Bonchev–Trinajstić information content (AvgIpc) is 3.12. The third kappa shape index (κ3) is 3.88. The lowest BCUT2D eigenvalue weighted by molar-refractivity contribution is -0.120. The number of carbonyl (C=O) groups is 2. The Hall–Kier alpha value is -3.60. The van der Waals surface area contributed by atoms with Crippen LogP contribution in [0.2, 0.25) is 0 Å². The van der Waals surface area contributed by atoms with Crippen molar-refractivity contribution in [1.82, 2.24) is 0 Å². The van der Waals surface area contributed by atoms with E-state index in [2.05, 4.69) is 5.32 Å². The van der Waals surface area contributed by atoms with Crippen LogP contribution in [0.15, 0.2) is 84.9 Å². The fraction of sp³-hybridized carbons (Fsp3) is 0.130. The first kappa shape index (κ1) is 17.8. The molecule has 2 amide bonds. The number of hydrogen-bond acceptors (Lipinski definition) is 3. The molecular weight excluding hydrogens is 352 g/mol. The van der Waals surface area contributed by atoms with Gasteiger partial charge in [-0.15, -0.1) is 0 Å². The first-order valence-corrected chi connectivity index (χ1v) is 9.22. The Kier molecular flexibility index (Phi) is 5.06. The van der Waals surface area contributed by atoms with E-state index in [1.165, 1.54) is 0 Å². The zero-order valence-corrected chi connectivity index (χ0v) is 15.2. The van der Waals surface area contributed by atoms with Crippen LogP contribution in [0.1, 0.15) is 12.8 Å². The average molecular weight is 372 g/mol. The van der Waals surface area contributed by atoms with Crippen molar-refractivity contribution in [3.8, 4) is 11.5 Å². The molecule has 0 bridgehead atoms. The summed E-state index contributed by atoms with van der Waals surface area (Å²) in [5.74, 6) is 1.22. The monoisotopic (exact) mass is 372 g/mol. The van der Waals surface area contributed by atoms with Gasteiger partial charge in [0.1, 0.15) is 17.5 Å². The Morgan fingerprint density at radius 1 is 0.857 bits per heavy atom. The summed E-state index contributed by atoms with van der Waals surface area (Å²) in [5.41, 5.74) is 1.41. The normalized spacial score (nSPS) is 16.1. The second-order valence-corrected chi connectivity index (χ2v) is 6.58. The molecule has 4 rings (SSSR count). The van der Waals surface area contributed by atoms with Crippen molar-refractivity contribution in [3.05, 3.63) is 84.9 Å². The second-order valence-electron chi connectivity index (χ2n) is 6.58. The van der Waals surface area contributed by atoms with E-state index in [4.69, 9.17) is 4.74 Å². The fourth-order valence-corrected chi connectivity index (χ4v) is 3.30. The van der Waals surface area contributed by atoms with Gasteiger partial charge in [0.2, 0.25) is 11.8 Å². The standard InChI is InChI=1S/C23H20N2O3/c26-22-16-15-21(25(22)18-7-3-1-4-8-18)23(27)24-17-11-13-20(14-12-17)28-19-9-5-2-6-10-19/h1-14,21H,15-16H2,(H,24,27). The van der Waals surface area contributed by atoms with Gasteiger partial charge in [0.25, 0.3) is 0 Å². The highest BCUT2D eigenvalue weighted by molar-refractivity contribution is 6.07. The molecule has 5 heteroatoms. The van der Waals surface area contributed by atoms with Crippen LogP contribution in [0.3, 0.4) is 0 Å². The molecule has 3 aromatic rings. The van der Waals surface area contributed by atoms with Crippen molar-refractivity contribution >= 4 is 23.2 Å². The van der Waals surface area contributed by atoms with Gasteiger partial charge in [-0.2, -0.15) is 0 Å². The molecule has 0 saturated carbocycles. The number of hydrogen-bond donors (Lipinski definition) is 1. The van der Waals surface area contributed by atoms with Gasteiger partial charge in [0.15, 0.2) is 0 Å². The SMILES string of the molecule is O=C(Nc1ccc(Oc2ccccc2)cc1)C1CCC(=O)N1c1ccccc1. The third-order valence-corrected chi connectivity index (χ3v) is 4.65. The van der Waals surface area contributed by atoms with Gasteiger partial charge < -0.3 is 10.1 Å². The molecule has 140 valence electrons. The van der Waals surface area contributed by atoms with Crippen molar-refractivity contribution in [2.75, 3.05) is 10.2 Å². The minimum atomic E-state index is -0.504. The molecule has 28 heavy (non-hydrogen) atoms. The Labute approximate surface area is 163 Å². The highest BCUT2D eigenvalue weighted by Gasteiger charge is 2.36. The van der Waals surface area contributed by atoms with E-state index in [9.17, 15) is 9.59 Å². The van der Waals surface area contributed by atoms with Crippen LogP contribution >= 0.6 is 0 Å². The summed E-state index contributed by atoms with van der Waals surface area (Å²) in [4.78, 5) is 26.7. The molecule has 0 aliphatic carbocycles. The van der Waals surface area contributed by atoms with Crippen molar-refractivity contribution in [1.29, 1.82) is 0 Å². The van der Waals surface area contributed by atoms with Gasteiger partial charge >= 0.3 is 0 Å². The van der Waals surface area contributed by atoms with Gasteiger partial charge in [0.05, 0.1) is 0 Å². The number of benzene rings is 3. The molecule has 0 spiro atoms. The maximum absolute atomic E-state index is 12.8. The third-order valence-electron chi connectivity index (χ3n) is 4.65. The first-order valence-electron chi connectivity index (χ1n) is 9.22. The van der Waals surface area contributed by atoms with Crippen LogP contribution in [0.5, 0.6) is 11.5 Å². The molecule has 3 aromatic carbocycles. The van der Waals surface area contributed by atoms with Crippen molar-refractivity contribution < 1.29 is 14.3 Å².